The molecule has 116 valence electrons. The maximum absolute atomic E-state index is 5.96. The molecule has 2 N–H and O–H groups in total. The number of ether oxygens (including phenoxy) is 1. The molecular formula is C16H17ClN2OS2. The van der Waals surface area contributed by atoms with Gasteiger partial charge >= 0.3 is 0 Å². The van der Waals surface area contributed by atoms with Crippen LogP contribution < -0.4 is 10.5 Å². The lowest BCUT2D eigenvalue weighted by atomic mass is 10.3. The second kappa shape index (κ2) is 8.98. The monoisotopic (exact) mass is 352 g/mol. The molecule has 0 amide bonds. The van der Waals surface area contributed by atoms with Crippen LogP contribution in [0.25, 0.3) is 0 Å². The van der Waals surface area contributed by atoms with Gasteiger partial charge in [-0.2, -0.15) is 0 Å². The summed E-state index contributed by atoms with van der Waals surface area (Å²) in [5.74, 6) is 2.56. The average Bonchev–Trinajstić information content (AvgIpc) is 2.54. The highest BCUT2D eigenvalue weighted by Crippen LogP contribution is 2.27. The van der Waals surface area contributed by atoms with Gasteiger partial charge in [-0.1, -0.05) is 35.5 Å². The van der Waals surface area contributed by atoms with Gasteiger partial charge in [-0.05, 0) is 36.4 Å². The number of para-hydroxylation sites is 2. The summed E-state index contributed by atoms with van der Waals surface area (Å²) in [5.41, 5.74) is 6.71. The van der Waals surface area contributed by atoms with Crippen LogP contribution in [0, 0.1) is 0 Å². The number of aliphatic imine (C=N–C) groups is 1. The summed E-state index contributed by atoms with van der Waals surface area (Å²) >= 11 is 9.17. The van der Waals surface area contributed by atoms with Gasteiger partial charge in [-0.25, -0.2) is 4.99 Å². The zero-order chi connectivity index (χ0) is 15.8. The average molecular weight is 353 g/mol. The largest absolute Gasteiger partial charge is 0.494 e. The molecule has 2 rings (SSSR count). The molecule has 0 bridgehead atoms. The molecular weight excluding hydrogens is 336 g/mol. The SMILES string of the molecule is COc1ccccc1N=C(N)SCCSc1ccc(Cl)cc1. The Balaban J connectivity index is 1.81. The first-order chi connectivity index (χ1) is 10.7. The van der Waals surface area contributed by atoms with Gasteiger partial charge in [0.2, 0.25) is 0 Å². The summed E-state index contributed by atoms with van der Waals surface area (Å²) in [6.45, 7) is 0. The predicted octanol–water partition coefficient (Wildman–Crippen LogP) is 4.82. The quantitative estimate of drug-likeness (QED) is 0.350. The number of nitrogens with two attached hydrogens (primary N) is 1. The van der Waals surface area contributed by atoms with Crippen LogP contribution in [0.2, 0.25) is 5.02 Å². The van der Waals surface area contributed by atoms with Gasteiger partial charge in [0.1, 0.15) is 11.4 Å². The molecule has 0 fully saturated rings. The van der Waals surface area contributed by atoms with E-state index in [0.717, 1.165) is 28.0 Å². The molecule has 22 heavy (non-hydrogen) atoms. The number of rotatable bonds is 6. The lowest BCUT2D eigenvalue weighted by Crippen LogP contribution is -2.07. The van der Waals surface area contributed by atoms with Crippen molar-refractivity contribution in [1.82, 2.24) is 0 Å². The fourth-order valence-electron chi connectivity index (χ4n) is 1.71. The first-order valence-corrected chi connectivity index (χ1v) is 9.02. The van der Waals surface area contributed by atoms with E-state index < -0.39 is 0 Å². The Labute approximate surface area is 144 Å². The van der Waals surface area contributed by atoms with Crippen molar-refractivity contribution in [1.29, 1.82) is 0 Å². The molecule has 0 saturated heterocycles. The van der Waals surface area contributed by atoms with Gasteiger partial charge in [0.15, 0.2) is 5.17 Å². The Kier molecular flexibility index (Phi) is 6.96. The molecule has 0 aromatic heterocycles. The normalized spacial score (nSPS) is 11.5. The number of methoxy groups -OCH3 is 1. The lowest BCUT2D eigenvalue weighted by Gasteiger charge is -2.05. The van der Waals surface area contributed by atoms with E-state index >= 15 is 0 Å². The van der Waals surface area contributed by atoms with Crippen LogP contribution in [-0.4, -0.2) is 23.8 Å². The van der Waals surface area contributed by atoms with E-state index in [0.29, 0.717) is 5.17 Å². The van der Waals surface area contributed by atoms with Crippen molar-refractivity contribution in [3.8, 4) is 5.75 Å². The molecule has 0 saturated carbocycles. The third-order valence-electron chi connectivity index (χ3n) is 2.73. The van der Waals surface area contributed by atoms with Crippen LogP contribution in [0.15, 0.2) is 58.4 Å². The maximum atomic E-state index is 5.96. The third kappa shape index (κ3) is 5.48. The second-order valence-electron chi connectivity index (χ2n) is 4.27. The molecule has 0 aliphatic carbocycles. The van der Waals surface area contributed by atoms with Crippen molar-refractivity contribution in [3.63, 3.8) is 0 Å². The molecule has 0 radical (unpaired) electrons. The molecule has 3 nitrogen and oxygen atoms in total. The number of benzene rings is 2. The summed E-state index contributed by atoms with van der Waals surface area (Å²) in [4.78, 5) is 5.59. The Hall–Kier alpha value is -1.30. The van der Waals surface area contributed by atoms with Gasteiger partial charge in [0, 0.05) is 21.4 Å². The van der Waals surface area contributed by atoms with E-state index in [1.54, 1.807) is 18.9 Å². The zero-order valence-electron chi connectivity index (χ0n) is 12.2. The lowest BCUT2D eigenvalue weighted by molar-refractivity contribution is 0.416. The van der Waals surface area contributed by atoms with Gasteiger partial charge < -0.3 is 10.5 Å². The number of hydrogen-bond donors (Lipinski definition) is 1. The van der Waals surface area contributed by atoms with Gasteiger partial charge in [-0.3, -0.25) is 0 Å². The third-order valence-corrected chi connectivity index (χ3v) is 5.05. The van der Waals surface area contributed by atoms with E-state index in [4.69, 9.17) is 22.1 Å². The minimum Gasteiger partial charge on any atom is -0.494 e. The molecule has 0 aliphatic heterocycles. The number of nitrogens with zero attached hydrogens (tertiary/aromatic N) is 1. The summed E-state index contributed by atoms with van der Waals surface area (Å²) in [5, 5.41) is 1.30. The van der Waals surface area contributed by atoms with Crippen LogP contribution >= 0.6 is 35.1 Å². The van der Waals surface area contributed by atoms with Gasteiger partial charge in [0.05, 0.1) is 7.11 Å². The molecule has 6 heteroatoms. The maximum Gasteiger partial charge on any atom is 0.159 e. The van der Waals surface area contributed by atoms with Gasteiger partial charge in [0.25, 0.3) is 0 Å². The van der Waals surface area contributed by atoms with E-state index in [1.807, 2.05) is 48.5 Å². The summed E-state index contributed by atoms with van der Waals surface area (Å²) < 4.78 is 5.25. The van der Waals surface area contributed by atoms with Crippen molar-refractivity contribution >= 4 is 46.0 Å². The Morgan fingerprint density at radius 2 is 1.86 bits per heavy atom. The molecule has 2 aromatic rings. The summed E-state index contributed by atoms with van der Waals surface area (Å²) in [6.07, 6.45) is 0. The number of halogens is 1. The van der Waals surface area contributed by atoms with Crippen molar-refractivity contribution < 1.29 is 4.74 Å². The Morgan fingerprint density at radius 1 is 1.14 bits per heavy atom. The number of amidine groups is 1. The van der Waals surface area contributed by atoms with Crippen molar-refractivity contribution in [3.05, 3.63) is 53.6 Å². The highest BCUT2D eigenvalue weighted by Gasteiger charge is 2.02. The standard InChI is InChI=1S/C16H17ClN2OS2/c1-20-15-5-3-2-4-14(15)19-16(18)22-11-10-21-13-8-6-12(17)7-9-13/h2-9H,10-11H2,1H3,(H2,18,19). The van der Waals surface area contributed by atoms with Crippen molar-refractivity contribution in [2.75, 3.05) is 18.6 Å². The van der Waals surface area contributed by atoms with Crippen LogP contribution in [0.3, 0.4) is 0 Å². The molecule has 2 aromatic carbocycles. The van der Waals surface area contributed by atoms with Crippen LogP contribution in [0.4, 0.5) is 5.69 Å². The Bertz CT molecular complexity index is 632. The van der Waals surface area contributed by atoms with Crippen LogP contribution in [-0.2, 0) is 0 Å². The summed E-state index contributed by atoms with van der Waals surface area (Å²) in [7, 11) is 1.63. The van der Waals surface area contributed by atoms with E-state index in [1.165, 1.54) is 16.7 Å². The molecule has 0 unspecified atom stereocenters. The topological polar surface area (TPSA) is 47.6 Å². The molecule has 0 aliphatic rings. The predicted molar refractivity (Wildman–Crippen MR) is 98.9 cm³/mol. The first-order valence-electron chi connectivity index (χ1n) is 6.67. The number of thioether (sulfide) groups is 2. The van der Waals surface area contributed by atoms with E-state index in [2.05, 4.69) is 4.99 Å². The van der Waals surface area contributed by atoms with Crippen molar-refractivity contribution in [2.24, 2.45) is 10.7 Å². The molecule has 0 atom stereocenters. The van der Waals surface area contributed by atoms with Crippen LogP contribution in [0.1, 0.15) is 0 Å². The fraction of sp³-hybridized carbons (Fsp3) is 0.188. The molecule has 0 spiro atoms. The van der Waals surface area contributed by atoms with Gasteiger partial charge in [-0.15, -0.1) is 11.8 Å². The zero-order valence-corrected chi connectivity index (χ0v) is 14.5. The second-order valence-corrected chi connectivity index (χ2v) is 6.99. The highest BCUT2D eigenvalue weighted by atomic mass is 35.5. The van der Waals surface area contributed by atoms with E-state index in [-0.39, 0.29) is 0 Å². The minimum atomic E-state index is 0.543. The summed E-state index contributed by atoms with van der Waals surface area (Å²) in [6, 6.07) is 15.4. The van der Waals surface area contributed by atoms with Crippen LogP contribution in [0.5, 0.6) is 5.75 Å². The minimum absolute atomic E-state index is 0.543. The fourth-order valence-corrected chi connectivity index (χ4v) is 3.44. The number of hydrogen-bond acceptors (Lipinski definition) is 4. The first kappa shape index (κ1) is 17.1. The molecule has 0 heterocycles. The Morgan fingerprint density at radius 3 is 2.59 bits per heavy atom. The smallest absolute Gasteiger partial charge is 0.159 e. The van der Waals surface area contributed by atoms with Crippen molar-refractivity contribution in [2.45, 2.75) is 4.90 Å². The highest BCUT2D eigenvalue weighted by molar-refractivity contribution is 8.14. The van der Waals surface area contributed by atoms with E-state index in [9.17, 15) is 0 Å².